The summed E-state index contributed by atoms with van der Waals surface area (Å²) in [5.74, 6) is 0.557. The number of carbonyl (C=O) groups excluding carboxylic acids is 1. The molecule has 0 radical (unpaired) electrons. The Hall–Kier alpha value is -1.97. The highest BCUT2D eigenvalue weighted by molar-refractivity contribution is 6.34. The van der Waals surface area contributed by atoms with Gasteiger partial charge in [0.05, 0.1) is 17.3 Å². The first-order chi connectivity index (χ1) is 11.0. The molecule has 0 unspecified atom stereocenters. The van der Waals surface area contributed by atoms with E-state index >= 15 is 0 Å². The lowest BCUT2D eigenvalue weighted by molar-refractivity contribution is -0.114. The first kappa shape index (κ1) is 15.9. The number of carbonyl (C=O) groups is 1. The molecule has 1 N–H and O–H groups in total. The van der Waals surface area contributed by atoms with Crippen molar-refractivity contribution in [3.63, 3.8) is 0 Å². The van der Waals surface area contributed by atoms with Crippen molar-refractivity contribution in [3.8, 4) is 5.75 Å². The maximum atomic E-state index is 11.5. The van der Waals surface area contributed by atoms with Crippen LogP contribution in [0.1, 0.15) is 24.5 Å². The molecular weight excluding hydrogens is 333 g/mol. The second-order valence-corrected chi connectivity index (χ2v) is 6.14. The summed E-state index contributed by atoms with van der Waals surface area (Å²) in [4.78, 5) is 11.5. The Morgan fingerprint density at radius 3 is 2.61 bits per heavy atom. The minimum absolute atomic E-state index is 0.170. The van der Waals surface area contributed by atoms with E-state index < -0.39 is 0 Å². The van der Waals surface area contributed by atoms with Crippen molar-refractivity contribution < 1.29 is 9.53 Å². The lowest BCUT2D eigenvalue weighted by Crippen LogP contribution is -2.14. The molecule has 0 atom stereocenters. The van der Waals surface area contributed by atoms with Crippen LogP contribution >= 0.6 is 23.2 Å². The predicted octanol–water partition coefficient (Wildman–Crippen LogP) is 5.27. The van der Waals surface area contributed by atoms with Crippen LogP contribution in [0.4, 0.5) is 5.69 Å². The minimum Gasteiger partial charge on any atom is -0.493 e. The third-order valence-electron chi connectivity index (χ3n) is 3.58. The molecule has 0 saturated heterocycles. The molecule has 1 aliphatic heterocycles. The summed E-state index contributed by atoms with van der Waals surface area (Å²) in [5.41, 5.74) is 3.54. The lowest BCUT2D eigenvalue weighted by Gasteiger charge is -2.24. The Balaban J connectivity index is 2.11. The van der Waals surface area contributed by atoms with E-state index in [9.17, 15) is 4.79 Å². The summed E-state index contributed by atoms with van der Waals surface area (Å²) in [6.07, 6.45) is 2.81. The molecule has 1 aliphatic rings. The standard InChI is InChI=1S/C18H15Cl2NO2/c1-11(22)21-18-15(20)6-7-16-17(18)13(8-9-23-16)10-12-2-4-14(19)5-3-12/h2-7,10H,8-9H2,1H3,(H,21,22)/b13-10+. The zero-order valence-corrected chi connectivity index (χ0v) is 14.0. The van der Waals surface area contributed by atoms with E-state index in [-0.39, 0.29) is 5.91 Å². The van der Waals surface area contributed by atoms with Gasteiger partial charge in [-0.05, 0) is 35.4 Å². The maximum Gasteiger partial charge on any atom is 0.221 e. The van der Waals surface area contributed by atoms with Crippen molar-refractivity contribution in [1.82, 2.24) is 0 Å². The molecule has 0 aliphatic carbocycles. The summed E-state index contributed by atoms with van der Waals surface area (Å²) in [6.45, 7) is 2.05. The molecule has 0 aromatic heterocycles. The van der Waals surface area contributed by atoms with Crippen LogP contribution in [0.2, 0.25) is 10.0 Å². The number of fused-ring (bicyclic) bond motifs is 1. The van der Waals surface area contributed by atoms with Gasteiger partial charge in [-0.3, -0.25) is 4.79 Å². The van der Waals surface area contributed by atoms with Crippen LogP contribution < -0.4 is 10.1 Å². The molecule has 0 bridgehead atoms. The molecular formula is C18H15Cl2NO2. The maximum absolute atomic E-state index is 11.5. The van der Waals surface area contributed by atoms with Crippen LogP contribution in [0.15, 0.2) is 36.4 Å². The van der Waals surface area contributed by atoms with Crippen molar-refractivity contribution in [2.75, 3.05) is 11.9 Å². The van der Waals surface area contributed by atoms with E-state index in [0.717, 1.165) is 28.9 Å². The fraction of sp³-hybridized carbons (Fsp3) is 0.167. The molecule has 23 heavy (non-hydrogen) atoms. The smallest absolute Gasteiger partial charge is 0.221 e. The molecule has 0 fully saturated rings. The molecule has 3 nitrogen and oxygen atoms in total. The van der Waals surface area contributed by atoms with Crippen LogP contribution in [-0.4, -0.2) is 12.5 Å². The van der Waals surface area contributed by atoms with Crippen LogP contribution in [0.5, 0.6) is 5.75 Å². The van der Waals surface area contributed by atoms with Gasteiger partial charge in [0.2, 0.25) is 5.91 Å². The average Bonchev–Trinajstić information content (AvgIpc) is 2.52. The number of benzene rings is 2. The predicted molar refractivity (Wildman–Crippen MR) is 95.2 cm³/mol. The number of anilines is 1. The highest BCUT2D eigenvalue weighted by atomic mass is 35.5. The molecule has 3 rings (SSSR count). The second kappa shape index (κ2) is 6.65. The fourth-order valence-electron chi connectivity index (χ4n) is 2.60. The van der Waals surface area contributed by atoms with Crippen molar-refractivity contribution >= 4 is 46.4 Å². The Bertz CT molecular complexity index is 782. The van der Waals surface area contributed by atoms with Gasteiger partial charge < -0.3 is 10.1 Å². The molecule has 1 amide bonds. The third-order valence-corrected chi connectivity index (χ3v) is 4.15. The molecule has 118 valence electrons. The minimum atomic E-state index is -0.170. The van der Waals surface area contributed by atoms with Gasteiger partial charge >= 0.3 is 0 Å². The van der Waals surface area contributed by atoms with E-state index in [1.165, 1.54) is 6.92 Å². The van der Waals surface area contributed by atoms with E-state index in [1.807, 2.05) is 30.3 Å². The molecule has 0 saturated carbocycles. The summed E-state index contributed by atoms with van der Waals surface area (Å²) >= 11 is 12.2. The molecule has 5 heteroatoms. The molecule has 1 heterocycles. The van der Waals surface area contributed by atoms with Crippen molar-refractivity contribution in [3.05, 3.63) is 57.6 Å². The summed E-state index contributed by atoms with van der Waals surface area (Å²) in [6, 6.07) is 11.2. The number of halogens is 2. The van der Waals surface area contributed by atoms with Gasteiger partial charge in [0.25, 0.3) is 0 Å². The summed E-state index contributed by atoms with van der Waals surface area (Å²) in [7, 11) is 0. The van der Waals surface area contributed by atoms with E-state index in [1.54, 1.807) is 6.07 Å². The van der Waals surface area contributed by atoms with E-state index in [2.05, 4.69) is 11.4 Å². The number of rotatable bonds is 2. The highest BCUT2D eigenvalue weighted by Crippen LogP contribution is 2.43. The van der Waals surface area contributed by atoms with E-state index in [0.29, 0.717) is 22.3 Å². The first-order valence-corrected chi connectivity index (χ1v) is 7.99. The van der Waals surface area contributed by atoms with Crippen LogP contribution in [0, 0.1) is 0 Å². The largest absolute Gasteiger partial charge is 0.493 e. The fourth-order valence-corrected chi connectivity index (χ4v) is 2.93. The topological polar surface area (TPSA) is 38.3 Å². The Labute approximate surface area is 144 Å². The first-order valence-electron chi connectivity index (χ1n) is 7.24. The normalized spacial score (nSPS) is 15.0. The van der Waals surface area contributed by atoms with Gasteiger partial charge in [-0.25, -0.2) is 0 Å². The lowest BCUT2D eigenvalue weighted by atomic mass is 9.95. The highest BCUT2D eigenvalue weighted by Gasteiger charge is 2.22. The quantitative estimate of drug-likeness (QED) is 0.802. The summed E-state index contributed by atoms with van der Waals surface area (Å²) in [5, 5.41) is 4.00. The summed E-state index contributed by atoms with van der Waals surface area (Å²) < 4.78 is 5.72. The Morgan fingerprint density at radius 2 is 1.91 bits per heavy atom. The average molecular weight is 348 g/mol. The monoisotopic (exact) mass is 347 g/mol. The van der Waals surface area contributed by atoms with Crippen molar-refractivity contribution in [2.45, 2.75) is 13.3 Å². The number of nitrogens with one attached hydrogen (secondary N) is 1. The second-order valence-electron chi connectivity index (χ2n) is 5.30. The molecule has 2 aromatic rings. The zero-order valence-electron chi connectivity index (χ0n) is 12.5. The van der Waals surface area contributed by atoms with Crippen LogP contribution in [-0.2, 0) is 4.79 Å². The molecule has 2 aromatic carbocycles. The van der Waals surface area contributed by atoms with Crippen LogP contribution in [0.25, 0.3) is 11.6 Å². The number of hydrogen-bond donors (Lipinski definition) is 1. The number of ether oxygens (including phenoxy) is 1. The van der Waals surface area contributed by atoms with Crippen molar-refractivity contribution in [2.24, 2.45) is 0 Å². The number of hydrogen-bond acceptors (Lipinski definition) is 2. The van der Waals surface area contributed by atoms with Gasteiger partial charge in [0.1, 0.15) is 5.75 Å². The van der Waals surface area contributed by atoms with Gasteiger partial charge in [-0.1, -0.05) is 41.4 Å². The van der Waals surface area contributed by atoms with Gasteiger partial charge in [0, 0.05) is 23.9 Å². The Morgan fingerprint density at radius 1 is 1.17 bits per heavy atom. The van der Waals surface area contributed by atoms with Gasteiger partial charge in [-0.2, -0.15) is 0 Å². The third kappa shape index (κ3) is 3.52. The SMILES string of the molecule is CC(=O)Nc1c(Cl)ccc2c1/C(=C/c1ccc(Cl)cc1)CCO2. The van der Waals surface area contributed by atoms with E-state index in [4.69, 9.17) is 27.9 Å². The number of amides is 1. The van der Waals surface area contributed by atoms with Crippen molar-refractivity contribution in [1.29, 1.82) is 0 Å². The van der Waals surface area contributed by atoms with Gasteiger partial charge in [0.15, 0.2) is 0 Å². The molecule has 0 spiro atoms. The van der Waals surface area contributed by atoms with Crippen LogP contribution in [0.3, 0.4) is 0 Å². The Kier molecular flexibility index (Phi) is 4.60. The van der Waals surface area contributed by atoms with Gasteiger partial charge in [-0.15, -0.1) is 0 Å². The zero-order chi connectivity index (χ0) is 16.4.